The first-order valence-electron chi connectivity index (χ1n) is 9.54. The van der Waals surface area contributed by atoms with Crippen molar-refractivity contribution < 1.29 is 4.79 Å². The van der Waals surface area contributed by atoms with Crippen LogP contribution in [0, 0.1) is 0 Å². The van der Waals surface area contributed by atoms with Crippen molar-refractivity contribution in [3.8, 4) is 0 Å². The lowest BCUT2D eigenvalue weighted by atomic mass is 10.1. The van der Waals surface area contributed by atoms with Crippen LogP contribution in [0.4, 0.5) is 0 Å². The van der Waals surface area contributed by atoms with Crippen LogP contribution in [0.3, 0.4) is 0 Å². The van der Waals surface area contributed by atoms with E-state index in [-0.39, 0.29) is 11.6 Å². The summed E-state index contributed by atoms with van der Waals surface area (Å²) >= 11 is 0. The highest BCUT2D eigenvalue weighted by atomic mass is 16.2. The molecule has 144 valence electrons. The highest BCUT2D eigenvalue weighted by Gasteiger charge is 2.25. The van der Waals surface area contributed by atoms with Gasteiger partial charge in [-0.2, -0.15) is 5.10 Å². The van der Waals surface area contributed by atoms with Crippen molar-refractivity contribution in [2.24, 2.45) is 0 Å². The lowest BCUT2D eigenvalue weighted by Gasteiger charge is -2.26. The van der Waals surface area contributed by atoms with Gasteiger partial charge in [0.2, 0.25) is 0 Å². The van der Waals surface area contributed by atoms with E-state index >= 15 is 0 Å². The number of amides is 1. The molecule has 3 aromatic rings. The molecule has 4 heterocycles. The van der Waals surface area contributed by atoms with Gasteiger partial charge in [0.25, 0.3) is 5.91 Å². The van der Waals surface area contributed by atoms with E-state index in [1.54, 1.807) is 9.47 Å². The van der Waals surface area contributed by atoms with Gasteiger partial charge in [-0.05, 0) is 31.3 Å². The number of nitrogens with zero attached hydrogens (tertiary/aromatic N) is 5. The van der Waals surface area contributed by atoms with Crippen LogP contribution in [0.1, 0.15) is 22.6 Å². The number of aromatic nitrogens is 4. The molecule has 2 aliphatic heterocycles. The molecule has 0 aliphatic carbocycles. The third-order valence-corrected chi connectivity index (χ3v) is 5.56. The van der Waals surface area contributed by atoms with Crippen LogP contribution in [-0.2, 0) is 13.1 Å². The number of H-pyrrole nitrogens is 1. The molecule has 0 radical (unpaired) electrons. The molecule has 1 amide bonds. The Balaban J connectivity index is 1.38. The quantitative estimate of drug-likeness (QED) is 0.730. The number of para-hydroxylation sites is 2. The molecule has 5 rings (SSSR count). The number of likely N-dealkylation sites (N-methyl/N-ethyl adjacent to an activating group) is 1. The Morgan fingerprint density at radius 3 is 2.86 bits per heavy atom. The number of nitrogens with one attached hydrogen (secondary N) is 1. The molecular weight excluding hydrogens is 356 g/mol. The van der Waals surface area contributed by atoms with E-state index in [2.05, 4.69) is 22.0 Å². The van der Waals surface area contributed by atoms with Gasteiger partial charge in [-0.25, -0.2) is 4.79 Å². The summed E-state index contributed by atoms with van der Waals surface area (Å²) in [5.41, 5.74) is 4.06. The molecule has 0 atom stereocenters. The first kappa shape index (κ1) is 17.0. The molecule has 0 saturated heterocycles. The summed E-state index contributed by atoms with van der Waals surface area (Å²) in [6.07, 6.45) is 2.59. The van der Waals surface area contributed by atoms with Crippen molar-refractivity contribution >= 4 is 22.6 Å². The van der Waals surface area contributed by atoms with Crippen molar-refractivity contribution in [2.75, 3.05) is 26.7 Å². The van der Waals surface area contributed by atoms with Gasteiger partial charge in [0.15, 0.2) is 5.69 Å². The summed E-state index contributed by atoms with van der Waals surface area (Å²) in [4.78, 5) is 32.2. The number of hydrogen-bond donors (Lipinski definition) is 1. The maximum Gasteiger partial charge on any atom is 0.330 e. The minimum atomic E-state index is -0.141. The van der Waals surface area contributed by atoms with Gasteiger partial charge < -0.3 is 9.88 Å². The van der Waals surface area contributed by atoms with E-state index in [0.29, 0.717) is 25.2 Å². The lowest BCUT2D eigenvalue weighted by molar-refractivity contribution is 0.0765. The molecular formula is C20H22N6O2. The molecule has 0 bridgehead atoms. The van der Waals surface area contributed by atoms with Gasteiger partial charge in [-0.15, -0.1) is 0 Å². The van der Waals surface area contributed by atoms with E-state index in [1.807, 2.05) is 41.1 Å². The standard InChI is InChI=1S/C20H22N6O2/c1-23-10-11-25-15(13-23)12-17(22-25)19(27)24-8-6-14(7-9-24)26-18-5-3-2-4-16(18)21-20(26)28/h2-6,12H,7-11,13H2,1H3,(H,21,28). The summed E-state index contributed by atoms with van der Waals surface area (Å²) in [5.74, 6) is -0.0499. The van der Waals surface area contributed by atoms with Crippen LogP contribution >= 0.6 is 0 Å². The normalized spacial score (nSPS) is 17.6. The van der Waals surface area contributed by atoms with Crippen LogP contribution in [0.2, 0.25) is 0 Å². The van der Waals surface area contributed by atoms with Gasteiger partial charge in [0.1, 0.15) is 0 Å². The molecule has 1 aromatic carbocycles. The van der Waals surface area contributed by atoms with Crippen LogP contribution in [0.25, 0.3) is 16.7 Å². The van der Waals surface area contributed by atoms with Gasteiger partial charge in [0.05, 0.1) is 23.3 Å². The zero-order valence-corrected chi connectivity index (χ0v) is 15.8. The number of hydrogen-bond acceptors (Lipinski definition) is 4. The van der Waals surface area contributed by atoms with Crippen LogP contribution in [0.5, 0.6) is 0 Å². The lowest BCUT2D eigenvalue weighted by Crippen LogP contribution is -2.36. The molecule has 2 aliphatic rings. The maximum absolute atomic E-state index is 12.9. The largest absolute Gasteiger partial charge is 0.333 e. The number of aromatic amines is 1. The summed E-state index contributed by atoms with van der Waals surface area (Å²) in [5, 5.41) is 4.50. The smallest absolute Gasteiger partial charge is 0.330 e. The SMILES string of the molecule is CN1CCn2nc(C(=O)N3CC=C(n4c(=O)[nH]c5ccccc54)CC3)cc2C1. The molecule has 0 fully saturated rings. The van der Waals surface area contributed by atoms with Crippen molar-refractivity contribution in [3.05, 3.63) is 58.3 Å². The average Bonchev–Trinajstić information content (AvgIpc) is 3.27. The minimum Gasteiger partial charge on any atom is -0.333 e. The fourth-order valence-electron chi connectivity index (χ4n) is 4.05. The summed E-state index contributed by atoms with van der Waals surface area (Å²) in [7, 11) is 2.07. The molecule has 8 heteroatoms. The number of rotatable bonds is 2. The third kappa shape index (κ3) is 2.77. The predicted octanol–water partition coefficient (Wildman–Crippen LogP) is 1.36. The number of fused-ring (bicyclic) bond motifs is 2. The molecule has 8 nitrogen and oxygen atoms in total. The van der Waals surface area contributed by atoms with E-state index in [4.69, 9.17) is 0 Å². The van der Waals surface area contributed by atoms with Crippen LogP contribution in [0.15, 0.2) is 41.2 Å². The Bertz CT molecular complexity index is 1150. The van der Waals surface area contributed by atoms with Gasteiger partial charge in [0, 0.05) is 38.3 Å². The Morgan fingerprint density at radius 2 is 2.04 bits per heavy atom. The Kier molecular flexibility index (Phi) is 3.94. The summed E-state index contributed by atoms with van der Waals surface area (Å²) in [6, 6.07) is 9.55. The number of carbonyl (C=O) groups excluding carboxylic acids is 1. The Hall–Kier alpha value is -3.13. The fourth-order valence-corrected chi connectivity index (χ4v) is 4.05. The predicted molar refractivity (Wildman–Crippen MR) is 106 cm³/mol. The third-order valence-electron chi connectivity index (χ3n) is 5.56. The molecule has 1 N–H and O–H groups in total. The highest BCUT2D eigenvalue weighted by molar-refractivity contribution is 5.93. The number of carbonyl (C=O) groups is 1. The number of imidazole rings is 1. The maximum atomic E-state index is 12.9. The van der Waals surface area contributed by atoms with Gasteiger partial charge in [-0.1, -0.05) is 12.1 Å². The number of benzene rings is 1. The first-order valence-corrected chi connectivity index (χ1v) is 9.54. The van der Waals surface area contributed by atoms with E-state index in [1.165, 1.54) is 0 Å². The summed E-state index contributed by atoms with van der Waals surface area (Å²) in [6.45, 7) is 3.61. The van der Waals surface area contributed by atoms with E-state index < -0.39 is 0 Å². The zero-order valence-electron chi connectivity index (χ0n) is 15.8. The van der Waals surface area contributed by atoms with Crippen molar-refractivity contribution in [3.63, 3.8) is 0 Å². The Morgan fingerprint density at radius 1 is 1.18 bits per heavy atom. The van der Waals surface area contributed by atoms with Crippen molar-refractivity contribution in [1.29, 1.82) is 0 Å². The second-order valence-electron chi connectivity index (χ2n) is 7.46. The van der Waals surface area contributed by atoms with Crippen molar-refractivity contribution in [1.82, 2.24) is 29.1 Å². The fraction of sp³-hybridized carbons (Fsp3) is 0.350. The molecule has 2 aromatic heterocycles. The molecule has 28 heavy (non-hydrogen) atoms. The second-order valence-corrected chi connectivity index (χ2v) is 7.46. The van der Waals surface area contributed by atoms with Crippen LogP contribution < -0.4 is 5.69 Å². The monoisotopic (exact) mass is 378 g/mol. The second kappa shape index (κ2) is 6.49. The molecule has 0 spiro atoms. The average molecular weight is 378 g/mol. The molecule has 0 saturated carbocycles. The first-order chi connectivity index (χ1) is 13.6. The Labute approximate surface area is 161 Å². The van der Waals surface area contributed by atoms with Crippen molar-refractivity contribution in [2.45, 2.75) is 19.5 Å². The molecule has 0 unspecified atom stereocenters. The van der Waals surface area contributed by atoms with E-state index in [9.17, 15) is 9.59 Å². The zero-order chi connectivity index (χ0) is 19.3. The topological polar surface area (TPSA) is 79.2 Å². The summed E-state index contributed by atoms with van der Waals surface area (Å²) < 4.78 is 3.65. The van der Waals surface area contributed by atoms with Crippen LogP contribution in [-0.4, -0.2) is 61.7 Å². The highest BCUT2D eigenvalue weighted by Crippen LogP contribution is 2.21. The van der Waals surface area contributed by atoms with Gasteiger partial charge >= 0.3 is 5.69 Å². The van der Waals surface area contributed by atoms with E-state index in [0.717, 1.165) is 42.1 Å². The minimum absolute atomic E-state index is 0.0499. The van der Waals surface area contributed by atoms with Gasteiger partial charge in [-0.3, -0.25) is 18.9 Å².